The van der Waals surface area contributed by atoms with Crippen LogP contribution in [0, 0.1) is 0 Å². The fourth-order valence-electron chi connectivity index (χ4n) is 3.85. The SMILES string of the molecule is CCC(Oc1ccc(N2CCN(C3CCNCC3)CC2)cc1)C(=O)OC.Cl.Cl.Cl. The van der Waals surface area contributed by atoms with Gasteiger partial charge < -0.3 is 19.7 Å². The van der Waals surface area contributed by atoms with Crippen LogP contribution in [0.1, 0.15) is 26.2 Å². The molecule has 0 aliphatic carbocycles. The number of piperazine rings is 1. The van der Waals surface area contributed by atoms with E-state index < -0.39 is 6.10 Å². The molecule has 1 aromatic rings. The molecule has 29 heavy (non-hydrogen) atoms. The molecule has 3 rings (SSSR count). The van der Waals surface area contributed by atoms with Crippen LogP contribution < -0.4 is 15.0 Å². The number of benzene rings is 1. The van der Waals surface area contributed by atoms with Crippen LogP contribution in [0.15, 0.2) is 24.3 Å². The number of carbonyl (C=O) groups is 1. The lowest BCUT2D eigenvalue weighted by molar-refractivity contribution is -0.148. The normalized spacial score (nSPS) is 18.5. The predicted octanol–water partition coefficient (Wildman–Crippen LogP) is 3.16. The van der Waals surface area contributed by atoms with E-state index in [1.165, 1.54) is 25.6 Å². The Morgan fingerprint density at radius 3 is 2.17 bits per heavy atom. The Morgan fingerprint density at radius 1 is 1.07 bits per heavy atom. The molecule has 0 saturated carbocycles. The van der Waals surface area contributed by atoms with Gasteiger partial charge in [0.25, 0.3) is 0 Å². The van der Waals surface area contributed by atoms with Crippen molar-refractivity contribution in [1.82, 2.24) is 10.2 Å². The third-order valence-corrected chi connectivity index (χ3v) is 5.45. The van der Waals surface area contributed by atoms with Gasteiger partial charge in [-0.05, 0) is 56.6 Å². The molecule has 0 radical (unpaired) electrons. The lowest BCUT2D eigenvalue weighted by atomic mass is 10.0. The zero-order chi connectivity index (χ0) is 18.4. The maximum atomic E-state index is 11.7. The first kappa shape index (κ1) is 28.1. The number of methoxy groups -OCH3 is 1. The van der Waals surface area contributed by atoms with Gasteiger partial charge in [0, 0.05) is 37.9 Å². The van der Waals surface area contributed by atoms with E-state index in [-0.39, 0.29) is 43.2 Å². The number of hydrogen-bond acceptors (Lipinski definition) is 6. The first-order chi connectivity index (χ1) is 12.7. The van der Waals surface area contributed by atoms with Gasteiger partial charge in [-0.25, -0.2) is 4.79 Å². The number of esters is 1. The molecule has 0 amide bonds. The molecule has 2 aliphatic heterocycles. The molecule has 6 nitrogen and oxygen atoms in total. The van der Waals surface area contributed by atoms with Crippen LogP contribution >= 0.6 is 37.2 Å². The molecule has 2 fully saturated rings. The molecule has 168 valence electrons. The number of hydrogen-bond donors (Lipinski definition) is 1. The molecule has 1 unspecified atom stereocenters. The van der Waals surface area contributed by atoms with E-state index in [0.29, 0.717) is 12.2 Å². The molecule has 0 aromatic heterocycles. The van der Waals surface area contributed by atoms with Crippen molar-refractivity contribution in [3.8, 4) is 5.75 Å². The third kappa shape index (κ3) is 7.68. The Hall–Kier alpha value is -0.920. The van der Waals surface area contributed by atoms with Crippen molar-refractivity contribution >= 4 is 48.9 Å². The summed E-state index contributed by atoms with van der Waals surface area (Å²) in [4.78, 5) is 16.7. The Morgan fingerprint density at radius 2 is 1.66 bits per heavy atom. The van der Waals surface area contributed by atoms with Gasteiger partial charge in [-0.2, -0.15) is 0 Å². The predicted molar refractivity (Wildman–Crippen MR) is 125 cm³/mol. The molecule has 1 aromatic carbocycles. The van der Waals surface area contributed by atoms with Gasteiger partial charge in [-0.15, -0.1) is 37.2 Å². The van der Waals surface area contributed by atoms with Crippen LogP contribution in [-0.2, 0) is 9.53 Å². The number of anilines is 1. The summed E-state index contributed by atoms with van der Waals surface area (Å²) in [6, 6.07) is 8.80. The van der Waals surface area contributed by atoms with Gasteiger partial charge in [0.1, 0.15) is 5.75 Å². The summed E-state index contributed by atoms with van der Waals surface area (Å²) in [6.45, 7) is 8.59. The summed E-state index contributed by atoms with van der Waals surface area (Å²) in [5.41, 5.74) is 1.22. The van der Waals surface area contributed by atoms with Crippen molar-refractivity contribution in [2.75, 3.05) is 51.3 Å². The second kappa shape index (κ2) is 14.1. The number of ether oxygens (including phenoxy) is 2. The molecule has 2 saturated heterocycles. The molecule has 9 heteroatoms. The molecule has 2 aliphatic rings. The van der Waals surface area contributed by atoms with Crippen molar-refractivity contribution in [2.24, 2.45) is 0 Å². The molecule has 2 heterocycles. The van der Waals surface area contributed by atoms with Gasteiger partial charge in [0.15, 0.2) is 6.10 Å². The summed E-state index contributed by atoms with van der Waals surface area (Å²) in [5, 5.41) is 3.44. The number of piperidine rings is 1. The van der Waals surface area contributed by atoms with Crippen LogP contribution in [0.25, 0.3) is 0 Å². The zero-order valence-corrected chi connectivity index (χ0v) is 19.6. The summed E-state index contributed by atoms with van der Waals surface area (Å²) >= 11 is 0. The van der Waals surface area contributed by atoms with Gasteiger partial charge in [0.2, 0.25) is 0 Å². The van der Waals surface area contributed by atoms with E-state index in [1.54, 1.807) is 0 Å². The van der Waals surface area contributed by atoms with Crippen molar-refractivity contribution in [1.29, 1.82) is 0 Å². The highest BCUT2D eigenvalue weighted by atomic mass is 35.5. The summed E-state index contributed by atoms with van der Waals surface area (Å²) in [6.07, 6.45) is 2.59. The van der Waals surface area contributed by atoms with E-state index in [9.17, 15) is 4.79 Å². The standard InChI is InChI=1S/C20H31N3O3.3ClH/c1-3-19(20(24)25-2)26-18-6-4-16(5-7-18)22-12-14-23(15-13-22)17-8-10-21-11-9-17;;;/h4-7,17,19,21H,3,8-15H2,1-2H3;3*1H. The maximum absolute atomic E-state index is 11.7. The highest BCUT2D eigenvalue weighted by Gasteiger charge is 2.25. The highest BCUT2D eigenvalue weighted by Crippen LogP contribution is 2.23. The average molecular weight is 471 g/mol. The number of halogens is 3. The average Bonchev–Trinajstić information content (AvgIpc) is 2.72. The van der Waals surface area contributed by atoms with Crippen molar-refractivity contribution < 1.29 is 14.3 Å². The van der Waals surface area contributed by atoms with E-state index in [2.05, 4.69) is 27.2 Å². The summed E-state index contributed by atoms with van der Waals surface area (Å²) in [7, 11) is 1.39. The lowest BCUT2D eigenvalue weighted by Crippen LogP contribution is -2.52. The Kier molecular flexibility index (Phi) is 13.7. The van der Waals surface area contributed by atoms with E-state index in [4.69, 9.17) is 9.47 Å². The number of nitrogens with zero attached hydrogens (tertiary/aromatic N) is 2. The van der Waals surface area contributed by atoms with Crippen LogP contribution in [0.5, 0.6) is 5.75 Å². The van der Waals surface area contributed by atoms with E-state index in [1.807, 2.05) is 19.1 Å². The fraction of sp³-hybridized carbons (Fsp3) is 0.650. The number of carbonyl (C=O) groups excluding carboxylic acids is 1. The Balaban J connectivity index is 0.00000261. The fourth-order valence-corrected chi connectivity index (χ4v) is 3.85. The molecular weight excluding hydrogens is 437 g/mol. The molecule has 1 N–H and O–H groups in total. The van der Waals surface area contributed by atoms with Crippen molar-refractivity contribution in [2.45, 2.75) is 38.3 Å². The summed E-state index contributed by atoms with van der Waals surface area (Å²) < 4.78 is 10.5. The molecule has 1 atom stereocenters. The number of rotatable bonds is 6. The minimum Gasteiger partial charge on any atom is -0.479 e. The van der Waals surface area contributed by atoms with E-state index >= 15 is 0 Å². The monoisotopic (exact) mass is 469 g/mol. The van der Waals surface area contributed by atoms with Crippen LogP contribution in [-0.4, -0.2) is 69.4 Å². The van der Waals surface area contributed by atoms with Crippen LogP contribution in [0.4, 0.5) is 5.69 Å². The van der Waals surface area contributed by atoms with Gasteiger partial charge in [-0.1, -0.05) is 6.92 Å². The summed E-state index contributed by atoms with van der Waals surface area (Å²) in [5.74, 6) is 0.380. The minimum atomic E-state index is -0.542. The molecular formula is C20H34Cl3N3O3. The highest BCUT2D eigenvalue weighted by molar-refractivity contribution is 5.86. The van der Waals surface area contributed by atoms with Crippen LogP contribution in [0.3, 0.4) is 0 Å². The third-order valence-electron chi connectivity index (χ3n) is 5.45. The van der Waals surface area contributed by atoms with Crippen LogP contribution in [0.2, 0.25) is 0 Å². The number of nitrogens with one attached hydrogen (secondary N) is 1. The van der Waals surface area contributed by atoms with Gasteiger partial charge >= 0.3 is 5.97 Å². The molecule has 0 spiro atoms. The van der Waals surface area contributed by atoms with Gasteiger partial charge in [-0.3, -0.25) is 4.90 Å². The van der Waals surface area contributed by atoms with Crippen molar-refractivity contribution in [3.63, 3.8) is 0 Å². The first-order valence-electron chi connectivity index (χ1n) is 9.75. The quantitative estimate of drug-likeness (QED) is 0.645. The Labute approximate surface area is 192 Å². The zero-order valence-electron chi connectivity index (χ0n) is 17.2. The smallest absolute Gasteiger partial charge is 0.347 e. The van der Waals surface area contributed by atoms with Gasteiger partial charge in [0.05, 0.1) is 7.11 Å². The van der Waals surface area contributed by atoms with Crippen molar-refractivity contribution in [3.05, 3.63) is 24.3 Å². The minimum absolute atomic E-state index is 0. The maximum Gasteiger partial charge on any atom is 0.347 e. The largest absolute Gasteiger partial charge is 0.479 e. The first-order valence-corrected chi connectivity index (χ1v) is 9.75. The second-order valence-electron chi connectivity index (χ2n) is 7.04. The lowest BCUT2D eigenvalue weighted by Gasteiger charge is -2.41. The second-order valence-corrected chi connectivity index (χ2v) is 7.04. The topological polar surface area (TPSA) is 54.0 Å². The van der Waals surface area contributed by atoms with E-state index in [0.717, 1.165) is 45.3 Å². The Bertz CT molecular complexity index is 578. The molecule has 0 bridgehead atoms.